The zero-order valence-electron chi connectivity index (χ0n) is 13.4. The second-order valence-electron chi connectivity index (χ2n) is 5.02. The Labute approximate surface area is 145 Å². The average Bonchev–Trinajstić information content (AvgIpc) is 3.11. The van der Waals surface area contributed by atoms with Crippen LogP contribution in [-0.4, -0.2) is 37.7 Å². The summed E-state index contributed by atoms with van der Waals surface area (Å²) in [5.74, 6) is -0.599. The van der Waals surface area contributed by atoms with Crippen molar-refractivity contribution < 1.29 is 19.0 Å². The number of esters is 1. The minimum absolute atomic E-state index is 0.0177. The van der Waals surface area contributed by atoms with Crippen LogP contribution in [0, 0.1) is 10.1 Å². The number of carbonyl (C=O) groups excluding carboxylic acids is 1. The first-order chi connectivity index (χ1) is 12.5. The Balaban J connectivity index is 1.98. The van der Waals surface area contributed by atoms with Crippen LogP contribution in [0.4, 0.5) is 5.69 Å². The van der Waals surface area contributed by atoms with Gasteiger partial charge in [0.15, 0.2) is 0 Å². The Kier molecular flexibility index (Phi) is 4.51. The quantitative estimate of drug-likeness (QED) is 0.371. The molecule has 0 spiro atoms. The van der Waals surface area contributed by atoms with Crippen molar-refractivity contribution in [1.29, 1.82) is 0 Å². The number of nitro groups is 1. The third-order valence-electron chi connectivity index (χ3n) is 3.35. The van der Waals surface area contributed by atoms with E-state index in [-0.39, 0.29) is 23.8 Å². The summed E-state index contributed by atoms with van der Waals surface area (Å²) in [5, 5.41) is 14.8. The molecule has 0 aliphatic carbocycles. The lowest BCUT2D eigenvalue weighted by Gasteiger charge is -2.05. The molecule has 0 aliphatic rings. The zero-order valence-corrected chi connectivity index (χ0v) is 13.4. The van der Waals surface area contributed by atoms with Gasteiger partial charge in [-0.3, -0.25) is 24.5 Å². The molecule has 0 fully saturated rings. The molecule has 0 aliphatic heterocycles. The number of methoxy groups -OCH3 is 1. The van der Waals surface area contributed by atoms with Crippen LogP contribution < -0.4 is 5.56 Å². The van der Waals surface area contributed by atoms with Crippen LogP contribution in [0.1, 0.15) is 16.2 Å². The first kappa shape index (κ1) is 17.0. The Morgan fingerprint density at radius 3 is 2.88 bits per heavy atom. The fourth-order valence-corrected chi connectivity index (χ4v) is 2.16. The molecule has 0 N–H and O–H groups in total. The molecule has 26 heavy (non-hydrogen) atoms. The van der Waals surface area contributed by atoms with Crippen LogP contribution in [0.3, 0.4) is 0 Å². The second-order valence-corrected chi connectivity index (χ2v) is 5.02. The van der Waals surface area contributed by atoms with Crippen LogP contribution in [0.5, 0.6) is 0 Å². The van der Waals surface area contributed by atoms with E-state index in [1.807, 2.05) is 0 Å². The number of nitrogens with zero attached hydrogens (tertiary/aromatic N) is 5. The Hall–Kier alpha value is -3.89. The largest absolute Gasteiger partial charge is 0.465 e. The predicted octanol–water partition coefficient (Wildman–Crippen LogP) is 1.04. The summed E-state index contributed by atoms with van der Waals surface area (Å²) in [6.07, 6.45) is 2.69. The highest BCUT2D eigenvalue weighted by molar-refractivity contribution is 5.89. The molecule has 0 bridgehead atoms. The van der Waals surface area contributed by atoms with Gasteiger partial charge in [-0.25, -0.2) is 4.79 Å². The first-order valence-electron chi connectivity index (χ1n) is 7.20. The first-order valence-corrected chi connectivity index (χ1v) is 7.20. The van der Waals surface area contributed by atoms with Gasteiger partial charge in [-0.1, -0.05) is 11.2 Å². The van der Waals surface area contributed by atoms with Crippen LogP contribution >= 0.6 is 0 Å². The number of hydrogen-bond donors (Lipinski definition) is 0. The summed E-state index contributed by atoms with van der Waals surface area (Å²) in [6.45, 7) is -0.260. The molecular formula is C15H11N5O6. The highest BCUT2D eigenvalue weighted by Crippen LogP contribution is 2.14. The highest BCUT2D eigenvalue weighted by Gasteiger charge is 2.21. The van der Waals surface area contributed by atoms with Crippen LogP contribution in [0.2, 0.25) is 0 Å². The Bertz CT molecular complexity index is 1030. The lowest BCUT2D eigenvalue weighted by molar-refractivity contribution is -0.386. The maximum atomic E-state index is 12.2. The molecule has 3 aromatic heterocycles. The van der Waals surface area contributed by atoms with Crippen molar-refractivity contribution >= 4 is 11.7 Å². The van der Waals surface area contributed by atoms with Crippen molar-refractivity contribution in [2.24, 2.45) is 0 Å². The van der Waals surface area contributed by atoms with Gasteiger partial charge in [0.05, 0.1) is 17.6 Å². The monoisotopic (exact) mass is 357 g/mol. The highest BCUT2D eigenvalue weighted by atomic mass is 16.6. The van der Waals surface area contributed by atoms with E-state index in [2.05, 4.69) is 19.9 Å². The molecule has 0 atom stereocenters. The van der Waals surface area contributed by atoms with Gasteiger partial charge >= 0.3 is 17.2 Å². The molecule has 3 aromatic rings. The summed E-state index contributed by atoms with van der Waals surface area (Å²) in [5.41, 5.74) is -1.37. The lowest BCUT2D eigenvalue weighted by atomic mass is 10.2. The molecule has 3 rings (SSSR count). The molecule has 132 valence electrons. The van der Waals surface area contributed by atoms with Crippen molar-refractivity contribution in [2.75, 3.05) is 7.11 Å². The normalized spacial score (nSPS) is 10.5. The van der Waals surface area contributed by atoms with Crippen molar-refractivity contribution in [2.45, 2.75) is 6.54 Å². The summed E-state index contributed by atoms with van der Waals surface area (Å²) >= 11 is 0. The molecule has 0 unspecified atom stereocenters. The van der Waals surface area contributed by atoms with E-state index in [0.29, 0.717) is 5.69 Å². The third kappa shape index (κ3) is 3.31. The molecule has 0 saturated heterocycles. The number of rotatable bonds is 5. The Morgan fingerprint density at radius 1 is 1.42 bits per heavy atom. The maximum absolute atomic E-state index is 12.2. The van der Waals surface area contributed by atoms with E-state index < -0.39 is 22.1 Å². The van der Waals surface area contributed by atoms with Gasteiger partial charge in [-0.2, -0.15) is 4.98 Å². The minimum atomic E-state index is -0.916. The van der Waals surface area contributed by atoms with Gasteiger partial charge in [0.1, 0.15) is 12.2 Å². The SMILES string of the molecule is COC(=O)c1cc([N+](=O)[O-])c(=O)n(Cc2nc(-c3ccccn3)no2)c1. The Morgan fingerprint density at radius 2 is 2.23 bits per heavy atom. The summed E-state index contributed by atoms with van der Waals surface area (Å²) < 4.78 is 10.5. The topological polar surface area (TPSA) is 143 Å². The molecule has 3 heterocycles. The van der Waals surface area contributed by atoms with Crippen molar-refractivity contribution in [1.82, 2.24) is 19.7 Å². The lowest BCUT2D eigenvalue weighted by Crippen LogP contribution is -2.24. The molecule has 11 heteroatoms. The maximum Gasteiger partial charge on any atom is 0.339 e. The van der Waals surface area contributed by atoms with Gasteiger partial charge in [-0.05, 0) is 12.1 Å². The summed E-state index contributed by atoms with van der Waals surface area (Å²) in [6, 6.07) is 5.99. The van der Waals surface area contributed by atoms with Gasteiger partial charge < -0.3 is 9.26 Å². The van der Waals surface area contributed by atoms with E-state index in [0.717, 1.165) is 23.9 Å². The van der Waals surface area contributed by atoms with Gasteiger partial charge in [0, 0.05) is 18.5 Å². The van der Waals surface area contributed by atoms with Gasteiger partial charge in [-0.15, -0.1) is 0 Å². The average molecular weight is 357 g/mol. The van der Waals surface area contributed by atoms with Crippen LogP contribution in [-0.2, 0) is 11.3 Å². The van der Waals surface area contributed by atoms with Crippen molar-refractivity contribution in [3.63, 3.8) is 0 Å². The van der Waals surface area contributed by atoms with E-state index in [1.54, 1.807) is 24.4 Å². The zero-order chi connectivity index (χ0) is 18.7. The molecular weight excluding hydrogens is 346 g/mol. The smallest absolute Gasteiger partial charge is 0.339 e. The van der Waals surface area contributed by atoms with Gasteiger partial charge in [0.2, 0.25) is 11.7 Å². The molecule has 0 aromatic carbocycles. The van der Waals surface area contributed by atoms with Crippen molar-refractivity contribution in [3.05, 3.63) is 68.6 Å². The molecule has 0 radical (unpaired) electrons. The fraction of sp³-hybridized carbons (Fsp3) is 0.133. The molecule has 0 amide bonds. The van der Waals surface area contributed by atoms with E-state index in [1.165, 1.54) is 0 Å². The van der Waals surface area contributed by atoms with Gasteiger partial charge in [0.25, 0.3) is 0 Å². The summed E-state index contributed by atoms with van der Waals surface area (Å²) in [4.78, 5) is 42.2. The second kappa shape index (κ2) is 6.93. The van der Waals surface area contributed by atoms with Crippen LogP contribution in [0.15, 0.2) is 46.0 Å². The number of hydrogen-bond acceptors (Lipinski definition) is 9. The molecule has 11 nitrogen and oxygen atoms in total. The standard InChI is InChI=1S/C15H11N5O6/c1-25-15(22)9-6-11(20(23)24)14(21)19(7-9)8-12-17-13(18-26-12)10-4-2-3-5-16-10/h2-7H,8H2,1H3. The van der Waals surface area contributed by atoms with Crippen molar-refractivity contribution in [3.8, 4) is 11.5 Å². The number of carbonyl (C=O) groups is 1. The fourth-order valence-electron chi connectivity index (χ4n) is 2.16. The number of ether oxygens (including phenoxy) is 1. The molecule has 0 saturated carbocycles. The van der Waals surface area contributed by atoms with E-state index in [9.17, 15) is 19.7 Å². The van der Waals surface area contributed by atoms with E-state index in [4.69, 9.17) is 4.52 Å². The predicted molar refractivity (Wildman–Crippen MR) is 85.3 cm³/mol. The summed E-state index contributed by atoms with van der Waals surface area (Å²) in [7, 11) is 1.13. The van der Waals surface area contributed by atoms with Crippen LogP contribution in [0.25, 0.3) is 11.5 Å². The minimum Gasteiger partial charge on any atom is -0.465 e. The number of pyridine rings is 2. The third-order valence-corrected chi connectivity index (χ3v) is 3.35. The number of aromatic nitrogens is 4. The van der Waals surface area contributed by atoms with E-state index >= 15 is 0 Å².